The number of anilines is 1. The summed E-state index contributed by atoms with van der Waals surface area (Å²) in [6.07, 6.45) is 4.70. The molecule has 0 radical (unpaired) electrons. The van der Waals surface area contributed by atoms with Gasteiger partial charge in [0.1, 0.15) is 12.7 Å². The average Bonchev–Trinajstić information content (AvgIpc) is 2.83. The van der Waals surface area contributed by atoms with Gasteiger partial charge in [0.25, 0.3) is 0 Å². The maximum atomic E-state index is 4.03. The predicted molar refractivity (Wildman–Crippen MR) is 67.7 cm³/mol. The minimum Gasteiger partial charge on any atom is -0.378 e. The molecular weight excluding hydrogens is 216 g/mol. The van der Waals surface area contributed by atoms with Crippen molar-refractivity contribution in [2.45, 2.75) is 0 Å². The Hall–Kier alpha value is -2.37. The van der Waals surface area contributed by atoms with E-state index in [4.69, 9.17) is 0 Å². The molecule has 0 saturated heterocycles. The molecule has 1 heterocycles. The van der Waals surface area contributed by atoms with Crippen molar-refractivity contribution in [1.82, 2.24) is 14.9 Å². The molecule has 0 spiro atoms. The highest BCUT2D eigenvalue weighted by Crippen LogP contribution is 2.10. The van der Waals surface area contributed by atoms with E-state index in [0.29, 0.717) is 0 Å². The zero-order valence-electron chi connectivity index (χ0n) is 9.78. The van der Waals surface area contributed by atoms with E-state index in [0.717, 1.165) is 11.3 Å². The molecule has 1 aromatic carbocycles. The van der Waals surface area contributed by atoms with Gasteiger partial charge >= 0.3 is 0 Å². The van der Waals surface area contributed by atoms with Crippen molar-refractivity contribution >= 4 is 11.9 Å². The van der Waals surface area contributed by atoms with Gasteiger partial charge in [-0.15, -0.1) is 9.89 Å². The van der Waals surface area contributed by atoms with Crippen LogP contribution in [0.25, 0.3) is 0 Å². The van der Waals surface area contributed by atoms with Gasteiger partial charge in [0.05, 0.1) is 6.21 Å². The molecule has 6 heteroatoms. The molecule has 0 aliphatic rings. The zero-order chi connectivity index (χ0) is 12.1. The molecule has 0 unspecified atom stereocenters. The van der Waals surface area contributed by atoms with Gasteiger partial charge in [-0.25, -0.2) is 4.98 Å². The van der Waals surface area contributed by atoms with Crippen LogP contribution >= 0.6 is 0 Å². The van der Waals surface area contributed by atoms with E-state index in [2.05, 4.69) is 25.6 Å². The van der Waals surface area contributed by atoms with Crippen LogP contribution in [0.1, 0.15) is 5.56 Å². The molecule has 2 rings (SSSR count). The van der Waals surface area contributed by atoms with E-state index in [1.807, 2.05) is 38.4 Å². The summed E-state index contributed by atoms with van der Waals surface area (Å²) in [5, 5.41) is 7.89. The fourth-order valence-electron chi connectivity index (χ4n) is 1.28. The van der Waals surface area contributed by atoms with E-state index in [-0.39, 0.29) is 0 Å². The number of hydrogen-bond acceptors (Lipinski definition) is 5. The van der Waals surface area contributed by atoms with Gasteiger partial charge in [-0.2, -0.15) is 10.6 Å². The second-order valence-electron chi connectivity index (χ2n) is 3.68. The van der Waals surface area contributed by atoms with Crippen molar-refractivity contribution in [2.75, 3.05) is 24.5 Å². The summed E-state index contributed by atoms with van der Waals surface area (Å²) < 4.78 is 0. The first-order chi connectivity index (χ1) is 8.25. The van der Waals surface area contributed by atoms with Gasteiger partial charge in [-0.05, 0) is 17.7 Å². The summed E-state index contributed by atoms with van der Waals surface area (Å²) >= 11 is 0. The largest absolute Gasteiger partial charge is 0.378 e. The number of hydrazone groups is 1. The molecular formula is C11H14N6. The van der Waals surface area contributed by atoms with Crippen LogP contribution in [0.2, 0.25) is 0 Å². The van der Waals surface area contributed by atoms with E-state index in [9.17, 15) is 0 Å². The molecule has 1 aromatic heterocycles. The summed E-state index contributed by atoms with van der Waals surface area (Å²) in [6.45, 7) is 0. The van der Waals surface area contributed by atoms with Crippen LogP contribution < -0.4 is 10.4 Å². The van der Waals surface area contributed by atoms with Crippen LogP contribution in [0, 0.1) is 0 Å². The molecule has 0 atom stereocenters. The third-order valence-electron chi connectivity index (χ3n) is 2.20. The molecule has 17 heavy (non-hydrogen) atoms. The van der Waals surface area contributed by atoms with Crippen LogP contribution in [0.15, 0.2) is 42.0 Å². The molecule has 2 aromatic rings. The third-order valence-corrected chi connectivity index (χ3v) is 2.20. The maximum absolute atomic E-state index is 4.03. The summed E-state index contributed by atoms with van der Waals surface area (Å²) in [6, 6.07) is 8.08. The van der Waals surface area contributed by atoms with Crippen molar-refractivity contribution in [1.29, 1.82) is 0 Å². The lowest BCUT2D eigenvalue weighted by Crippen LogP contribution is -2.09. The van der Waals surface area contributed by atoms with Crippen LogP contribution in [0.3, 0.4) is 0 Å². The Morgan fingerprint density at radius 3 is 2.65 bits per heavy atom. The fourth-order valence-corrected chi connectivity index (χ4v) is 1.28. The fraction of sp³-hybridized carbons (Fsp3) is 0.182. The molecule has 6 nitrogen and oxygen atoms in total. The van der Waals surface area contributed by atoms with Gasteiger partial charge in [0.2, 0.25) is 0 Å². The Morgan fingerprint density at radius 1 is 1.29 bits per heavy atom. The Kier molecular flexibility index (Phi) is 3.34. The minimum absolute atomic E-state index is 1.02. The molecule has 0 fully saturated rings. The lowest BCUT2D eigenvalue weighted by Gasteiger charge is -2.11. The Labute approximate surface area is 99.6 Å². The first kappa shape index (κ1) is 11.1. The van der Waals surface area contributed by atoms with Gasteiger partial charge in [-0.3, -0.25) is 0 Å². The molecule has 88 valence electrons. The monoisotopic (exact) mass is 230 g/mol. The SMILES string of the molecule is CN(C)c1ccc(/C=N\Nn2cncn2)cc1. The first-order valence-corrected chi connectivity index (χ1v) is 5.17. The van der Waals surface area contributed by atoms with E-state index < -0.39 is 0 Å². The van der Waals surface area contributed by atoms with E-state index in [1.54, 1.807) is 6.21 Å². The van der Waals surface area contributed by atoms with Crippen molar-refractivity contribution in [3.05, 3.63) is 42.5 Å². The van der Waals surface area contributed by atoms with Crippen molar-refractivity contribution < 1.29 is 0 Å². The van der Waals surface area contributed by atoms with Crippen LogP contribution in [0.5, 0.6) is 0 Å². The van der Waals surface area contributed by atoms with Gasteiger partial charge in [-0.1, -0.05) is 12.1 Å². The molecule has 0 bridgehead atoms. The second-order valence-corrected chi connectivity index (χ2v) is 3.68. The molecule has 0 saturated carbocycles. The number of nitrogens with zero attached hydrogens (tertiary/aromatic N) is 5. The highest BCUT2D eigenvalue weighted by atomic mass is 15.7. The molecule has 0 aliphatic carbocycles. The quantitative estimate of drug-likeness (QED) is 0.627. The van der Waals surface area contributed by atoms with Crippen molar-refractivity contribution in [3.63, 3.8) is 0 Å². The number of nitrogens with one attached hydrogen (secondary N) is 1. The van der Waals surface area contributed by atoms with Crippen molar-refractivity contribution in [3.8, 4) is 0 Å². The highest BCUT2D eigenvalue weighted by molar-refractivity contribution is 5.80. The lowest BCUT2D eigenvalue weighted by atomic mass is 10.2. The summed E-state index contributed by atoms with van der Waals surface area (Å²) in [7, 11) is 4.02. The third kappa shape index (κ3) is 3.04. The van der Waals surface area contributed by atoms with Crippen molar-refractivity contribution in [2.24, 2.45) is 5.10 Å². The van der Waals surface area contributed by atoms with Crippen LogP contribution in [0.4, 0.5) is 5.69 Å². The standard InChI is InChI=1S/C11H14N6/c1-16(2)11-5-3-10(4-6-11)7-13-15-17-9-12-8-14-17/h3-9,15H,1-2H3/b13-7-. The Bertz CT molecular complexity index is 471. The minimum atomic E-state index is 1.02. The van der Waals surface area contributed by atoms with Gasteiger partial charge in [0, 0.05) is 19.8 Å². The maximum Gasteiger partial charge on any atom is 0.139 e. The summed E-state index contributed by atoms with van der Waals surface area (Å²) in [5.41, 5.74) is 4.89. The van der Waals surface area contributed by atoms with Gasteiger partial charge < -0.3 is 4.90 Å². The van der Waals surface area contributed by atoms with Crippen LogP contribution in [-0.4, -0.2) is 35.2 Å². The van der Waals surface area contributed by atoms with E-state index >= 15 is 0 Å². The Morgan fingerprint density at radius 2 is 2.06 bits per heavy atom. The Balaban J connectivity index is 1.96. The number of aromatic nitrogens is 3. The smallest absolute Gasteiger partial charge is 0.139 e. The number of rotatable bonds is 4. The first-order valence-electron chi connectivity index (χ1n) is 5.17. The van der Waals surface area contributed by atoms with Crippen LogP contribution in [-0.2, 0) is 0 Å². The number of hydrogen-bond donors (Lipinski definition) is 1. The summed E-state index contributed by atoms with van der Waals surface area (Å²) in [5.74, 6) is 0. The number of benzene rings is 1. The average molecular weight is 230 g/mol. The topological polar surface area (TPSA) is 58.3 Å². The summed E-state index contributed by atoms with van der Waals surface area (Å²) in [4.78, 5) is 7.26. The molecule has 1 N–H and O–H groups in total. The molecule has 0 aliphatic heterocycles. The highest BCUT2D eigenvalue weighted by Gasteiger charge is 1.93. The lowest BCUT2D eigenvalue weighted by molar-refractivity contribution is 0.754. The zero-order valence-corrected chi connectivity index (χ0v) is 9.78. The predicted octanol–water partition coefficient (Wildman–Crippen LogP) is 0.922. The second kappa shape index (κ2) is 5.11. The van der Waals surface area contributed by atoms with Gasteiger partial charge in [0.15, 0.2) is 0 Å². The molecule has 0 amide bonds. The normalized spacial score (nSPS) is 10.7. The van der Waals surface area contributed by atoms with E-state index in [1.165, 1.54) is 17.4 Å².